The number of amides is 3. The summed E-state index contributed by atoms with van der Waals surface area (Å²) in [5.74, 6) is -1.04. The van der Waals surface area contributed by atoms with Crippen molar-refractivity contribution in [2.24, 2.45) is 10.7 Å². The Morgan fingerprint density at radius 1 is 1.09 bits per heavy atom. The average molecular weight is 491 g/mol. The Morgan fingerprint density at radius 2 is 1.69 bits per heavy atom. The summed E-state index contributed by atoms with van der Waals surface area (Å²) in [4.78, 5) is 53.7. The van der Waals surface area contributed by atoms with E-state index in [9.17, 15) is 19.2 Å². The normalized spacial score (nSPS) is 15.5. The van der Waals surface area contributed by atoms with Crippen LogP contribution in [0.2, 0.25) is 0 Å². The topological polar surface area (TPSA) is 150 Å². The Bertz CT molecular complexity index is 922. The number of amidine groups is 1. The molecule has 0 saturated carbocycles. The van der Waals surface area contributed by atoms with Crippen LogP contribution in [0, 0.1) is 0 Å². The second kappa shape index (κ2) is 13.4. The van der Waals surface area contributed by atoms with E-state index in [1.807, 2.05) is 0 Å². The Morgan fingerprint density at radius 3 is 2.26 bits per heavy atom. The van der Waals surface area contributed by atoms with E-state index >= 15 is 0 Å². The summed E-state index contributed by atoms with van der Waals surface area (Å²) in [5.41, 5.74) is 6.58. The Kier molecular flexibility index (Phi) is 10.7. The van der Waals surface area contributed by atoms with Crippen LogP contribution in [-0.4, -0.2) is 79.2 Å². The predicted molar refractivity (Wildman–Crippen MR) is 128 cm³/mol. The van der Waals surface area contributed by atoms with Crippen LogP contribution in [0.15, 0.2) is 29.3 Å². The van der Waals surface area contributed by atoms with Crippen molar-refractivity contribution in [1.82, 2.24) is 10.2 Å². The highest BCUT2D eigenvalue weighted by Gasteiger charge is 2.28. The largest absolute Gasteiger partial charge is 0.461 e. The van der Waals surface area contributed by atoms with Crippen molar-refractivity contribution in [3.8, 4) is 0 Å². The minimum Gasteiger partial charge on any atom is -0.461 e. The van der Waals surface area contributed by atoms with Crippen molar-refractivity contribution < 1.29 is 33.4 Å². The van der Waals surface area contributed by atoms with Gasteiger partial charge in [-0.15, -0.1) is 0 Å². The molecule has 11 nitrogen and oxygen atoms in total. The molecule has 0 aliphatic carbocycles. The van der Waals surface area contributed by atoms with Crippen molar-refractivity contribution in [3.63, 3.8) is 0 Å². The number of hydrogen-bond acceptors (Lipinski definition) is 7. The highest BCUT2D eigenvalue weighted by Crippen LogP contribution is 2.15. The van der Waals surface area contributed by atoms with Crippen molar-refractivity contribution in [2.45, 2.75) is 58.8 Å². The molecule has 2 rings (SSSR count). The van der Waals surface area contributed by atoms with Crippen LogP contribution in [0.3, 0.4) is 0 Å². The maximum atomic E-state index is 12.8. The maximum Gasteiger partial charge on any atom is 0.435 e. The molecule has 0 spiro atoms. The van der Waals surface area contributed by atoms with Crippen LogP contribution in [-0.2, 0) is 23.8 Å². The zero-order valence-electron chi connectivity index (χ0n) is 20.6. The van der Waals surface area contributed by atoms with Gasteiger partial charge in [-0.3, -0.25) is 9.59 Å². The van der Waals surface area contributed by atoms with Crippen LogP contribution in [0.5, 0.6) is 0 Å². The van der Waals surface area contributed by atoms with Gasteiger partial charge in [0.1, 0.15) is 18.5 Å². The van der Waals surface area contributed by atoms with Crippen LogP contribution >= 0.6 is 0 Å². The average Bonchev–Trinajstić information content (AvgIpc) is 2.82. The van der Waals surface area contributed by atoms with E-state index in [4.69, 9.17) is 19.9 Å². The van der Waals surface area contributed by atoms with Crippen molar-refractivity contribution in [3.05, 3.63) is 35.4 Å². The molecule has 1 fully saturated rings. The van der Waals surface area contributed by atoms with Crippen LogP contribution in [0.1, 0.15) is 56.5 Å². The summed E-state index contributed by atoms with van der Waals surface area (Å²) in [7, 11) is 0. The highest BCUT2D eigenvalue weighted by atomic mass is 16.6. The first kappa shape index (κ1) is 27.8. The number of nitrogens with two attached hydrogens (primary N) is 1. The quantitative estimate of drug-likeness (QED) is 0.301. The van der Waals surface area contributed by atoms with Gasteiger partial charge in [0.15, 0.2) is 0 Å². The SMILES string of the molecule is CCOC(=O)N=C(N)c1ccc(C(=O)N[C@@H](C)C(=O)N2CCC(OCC(=O)OC(C)C)CC2)cc1. The number of rotatable bonds is 9. The monoisotopic (exact) mass is 490 g/mol. The highest BCUT2D eigenvalue weighted by molar-refractivity contribution is 6.04. The summed E-state index contributed by atoms with van der Waals surface area (Å²) in [6.45, 7) is 7.85. The van der Waals surface area contributed by atoms with Gasteiger partial charge < -0.3 is 30.2 Å². The summed E-state index contributed by atoms with van der Waals surface area (Å²) >= 11 is 0. The number of likely N-dealkylation sites (tertiary alicyclic amines) is 1. The second-order valence-corrected chi connectivity index (χ2v) is 8.34. The zero-order chi connectivity index (χ0) is 26.0. The smallest absolute Gasteiger partial charge is 0.435 e. The second-order valence-electron chi connectivity index (χ2n) is 8.34. The fourth-order valence-corrected chi connectivity index (χ4v) is 3.45. The lowest BCUT2D eigenvalue weighted by atomic mass is 10.1. The summed E-state index contributed by atoms with van der Waals surface area (Å²) < 4.78 is 15.4. The minimum atomic E-state index is -0.789. The lowest BCUT2D eigenvalue weighted by molar-refractivity contribution is -0.156. The van der Waals surface area contributed by atoms with E-state index in [0.29, 0.717) is 37.1 Å². The number of esters is 1. The molecule has 0 radical (unpaired) electrons. The molecule has 3 N–H and O–H groups in total. The van der Waals surface area contributed by atoms with E-state index in [0.717, 1.165) is 0 Å². The minimum absolute atomic E-state index is 0.0249. The molecule has 3 amide bonds. The summed E-state index contributed by atoms with van der Waals surface area (Å²) in [5, 5.41) is 2.70. The first-order chi connectivity index (χ1) is 16.6. The molecule has 1 aromatic carbocycles. The third-order valence-electron chi connectivity index (χ3n) is 5.20. The van der Waals surface area contributed by atoms with Crippen LogP contribution < -0.4 is 11.1 Å². The standard InChI is InChI=1S/C24H34N4O7/c1-5-33-24(32)27-21(25)17-6-8-18(9-7-17)22(30)26-16(4)23(31)28-12-10-19(11-13-28)34-14-20(29)35-15(2)3/h6-9,15-16,19H,5,10-14H2,1-4H3,(H,26,30)(H2,25,27,32)/t16-/m0/s1. The molecule has 0 bridgehead atoms. The van der Waals surface area contributed by atoms with Gasteiger partial charge in [-0.05, 0) is 52.7 Å². The molecule has 0 unspecified atom stereocenters. The van der Waals surface area contributed by atoms with E-state index in [-0.39, 0.29) is 37.2 Å². The van der Waals surface area contributed by atoms with Gasteiger partial charge in [-0.2, -0.15) is 4.99 Å². The number of aliphatic imine (C=N–C) groups is 1. The Hall–Kier alpha value is -3.47. The fourth-order valence-electron chi connectivity index (χ4n) is 3.45. The molecule has 35 heavy (non-hydrogen) atoms. The summed E-state index contributed by atoms with van der Waals surface area (Å²) in [6.07, 6.45) is 0.0868. The number of piperidine rings is 1. The van der Waals surface area contributed by atoms with Gasteiger partial charge in [0, 0.05) is 24.2 Å². The first-order valence-electron chi connectivity index (χ1n) is 11.6. The Labute approximate surface area is 205 Å². The van der Waals surface area contributed by atoms with Gasteiger partial charge in [0.05, 0.1) is 18.8 Å². The lowest BCUT2D eigenvalue weighted by Gasteiger charge is -2.33. The molecule has 1 aliphatic heterocycles. The number of carbonyl (C=O) groups excluding carboxylic acids is 4. The van der Waals surface area contributed by atoms with E-state index < -0.39 is 24.0 Å². The van der Waals surface area contributed by atoms with Crippen molar-refractivity contribution in [2.75, 3.05) is 26.3 Å². The summed E-state index contributed by atoms with van der Waals surface area (Å²) in [6, 6.07) is 5.45. The van der Waals surface area contributed by atoms with E-state index in [1.165, 1.54) is 12.1 Å². The van der Waals surface area contributed by atoms with Crippen molar-refractivity contribution >= 4 is 29.7 Å². The lowest BCUT2D eigenvalue weighted by Crippen LogP contribution is -2.50. The van der Waals surface area contributed by atoms with Crippen molar-refractivity contribution in [1.29, 1.82) is 0 Å². The van der Waals surface area contributed by atoms with Gasteiger partial charge in [0.25, 0.3) is 5.91 Å². The zero-order valence-corrected chi connectivity index (χ0v) is 20.6. The number of nitrogens with one attached hydrogen (secondary N) is 1. The molecule has 1 heterocycles. The third-order valence-corrected chi connectivity index (χ3v) is 5.20. The molecule has 1 atom stereocenters. The number of carbonyl (C=O) groups is 4. The molecule has 1 saturated heterocycles. The van der Waals surface area contributed by atoms with Gasteiger partial charge in [-0.1, -0.05) is 12.1 Å². The van der Waals surface area contributed by atoms with Gasteiger partial charge in [-0.25, -0.2) is 9.59 Å². The number of benzene rings is 1. The molecular weight excluding hydrogens is 456 g/mol. The van der Waals surface area contributed by atoms with E-state index in [1.54, 1.807) is 44.7 Å². The number of nitrogens with zero attached hydrogens (tertiary/aromatic N) is 2. The predicted octanol–water partition coefficient (Wildman–Crippen LogP) is 1.63. The fraction of sp³-hybridized carbons (Fsp3) is 0.542. The maximum absolute atomic E-state index is 12.8. The number of hydrogen-bond donors (Lipinski definition) is 2. The van der Waals surface area contributed by atoms with Gasteiger partial charge in [0.2, 0.25) is 5.91 Å². The molecule has 0 aromatic heterocycles. The molecular formula is C24H34N4O7. The molecule has 1 aliphatic rings. The van der Waals surface area contributed by atoms with Crippen LogP contribution in [0.25, 0.3) is 0 Å². The van der Waals surface area contributed by atoms with Crippen LogP contribution in [0.4, 0.5) is 4.79 Å². The molecule has 192 valence electrons. The Balaban J connectivity index is 1.82. The molecule has 1 aromatic rings. The molecule has 11 heteroatoms. The first-order valence-corrected chi connectivity index (χ1v) is 11.6. The van der Waals surface area contributed by atoms with E-state index in [2.05, 4.69) is 10.3 Å². The third kappa shape index (κ3) is 9.01. The van der Waals surface area contributed by atoms with Gasteiger partial charge >= 0.3 is 12.1 Å². The number of ether oxygens (including phenoxy) is 3.